The van der Waals surface area contributed by atoms with Crippen molar-refractivity contribution in [3.8, 4) is 0 Å². The van der Waals surface area contributed by atoms with Crippen molar-refractivity contribution < 1.29 is 52.0 Å². The van der Waals surface area contributed by atoms with Crippen molar-refractivity contribution in [3.63, 3.8) is 0 Å². The molecule has 0 saturated carbocycles. The molecule has 4 rings (SSSR count). The minimum absolute atomic E-state index is 0.108. The summed E-state index contributed by atoms with van der Waals surface area (Å²) >= 11 is 0. The molecule has 2 aromatic heterocycles. The molecule has 21 heteroatoms. The van der Waals surface area contributed by atoms with E-state index in [1.807, 2.05) is 0 Å². The standard InChI is InChI=1S/C20H28N4O15P2/c1-9-5-23(19(28)21-17(9)26)15-3-11(25)13(37-15)7-36-41(33,34)39-12-4-16(38-14(12)8-35-40(30,31)32)24-6-10(2)18(27)22-20(24)29/h5-6,11-16,25H,3-4,7-8H2,1-2H3,(H,33,34)(H,21,26,28)(H,22,27,29)(H2,30,31,32). The number of rotatable bonds is 10. The van der Waals surface area contributed by atoms with Crippen molar-refractivity contribution in [3.05, 3.63) is 65.2 Å². The normalized spacial score (nSPS) is 28.1. The molecule has 2 saturated heterocycles. The largest absolute Gasteiger partial charge is 0.472 e. The average Bonchev–Trinajstić information content (AvgIpc) is 3.43. The van der Waals surface area contributed by atoms with Gasteiger partial charge >= 0.3 is 27.0 Å². The lowest BCUT2D eigenvalue weighted by Crippen LogP contribution is -2.33. The lowest BCUT2D eigenvalue weighted by Gasteiger charge is -2.22. The van der Waals surface area contributed by atoms with E-state index in [4.69, 9.17) is 28.3 Å². The first-order chi connectivity index (χ1) is 19.0. The highest BCUT2D eigenvalue weighted by Gasteiger charge is 2.44. The van der Waals surface area contributed by atoms with Crippen molar-refractivity contribution in [2.45, 2.75) is 63.6 Å². The molecule has 41 heavy (non-hydrogen) atoms. The molecular formula is C20H28N4O15P2. The van der Waals surface area contributed by atoms with Crippen LogP contribution in [0.15, 0.2) is 31.6 Å². The van der Waals surface area contributed by atoms with Crippen molar-refractivity contribution in [1.82, 2.24) is 19.1 Å². The molecule has 19 nitrogen and oxygen atoms in total. The van der Waals surface area contributed by atoms with Gasteiger partial charge in [-0.2, -0.15) is 0 Å². The van der Waals surface area contributed by atoms with E-state index in [9.17, 15) is 38.3 Å². The second kappa shape index (κ2) is 12.0. The SMILES string of the molecule is Cc1cn(C2CC(O)C(COP(=O)(O)OC3CC(n4cc(C)c(=O)[nH]c4=O)OC3COP(=O)(O)O)O2)c(=O)[nH]c1=O. The lowest BCUT2D eigenvalue weighted by atomic mass is 10.2. The second-order valence-electron chi connectivity index (χ2n) is 9.45. The highest BCUT2D eigenvalue weighted by atomic mass is 31.2. The number of nitrogens with zero attached hydrogens (tertiary/aromatic N) is 2. The Hall–Kier alpha value is -2.54. The van der Waals surface area contributed by atoms with Crippen LogP contribution in [0.5, 0.6) is 0 Å². The van der Waals surface area contributed by atoms with E-state index in [0.717, 1.165) is 9.13 Å². The van der Waals surface area contributed by atoms with Crippen LogP contribution in [-0.4, -0.2) is 76.5 Å². The molecule has 7 atom stereocenters. The summed E-state index contributed by atoms with van der Waals surface area (Å²) in [7, 11) is -9.96. The van der Waals surface area contributed by atoms with E-state index in [1.54, 1.807) is 0 Å². The molecule has 0 aliphatic carbocycles. The Bertz CT molecular complexity index is 1610. The van der Waals surface area contributed by atoms with Crippen LogP contribution < -0.4 is 22.5 Å². The number of hydrogen-bond donors (Lipinski definition) is 6. The number of aryl methyl sites for hydroxylation is 2. The van der Waals surface area contributed by atoms with Gasteiger partial charge in [0.15, 0.2) is 0 Å². The molecule has 0 spiro atoms. The van der Waals surface area contributed by atoms with Crippen LogP contribution in [-0.2, 0) is 32.2 Å². The van der Waals surface area contributed by atoms with Crippen molar-refractivity contribution in [2.24, 2.45) is 0 Å². The summed E-state index contributed by atoms with van der Waals surface area (Å²) in [6, 6.07) is 0. The van der Waals surface area contributed by atoms with Gasteiger partial charge in [-0.15, -0.1) is 0 Å². The minimum Gasteiger partial charge on any atom is -0.390 e. The van der Waals surface area contributed by atoms with E-state index in [0.29, 0.717) is 0 Å². The average molecular weight is 626 g/mol. The first-order valence-corrected chi connectivity index (χ1v) is 15.0. The zero-order valence-corrected chi connectivity index (χ0v) is 23.3. The van der Waals surface area contributed by atoms with Crippen LogP contribution in [0.25, 0.3) is 0 Å². The number of phosphoric ester groups is 2. The molecule has 0 bridgehead atoms. The number of ether oxygens (including phenoxy) is 2. The van der Waals surface area contributed by atoms with Gasteiger partial charge in [0.05, 0.1) is 19.3 Å². The topological polar surface area (TPSA) is 271 Å². The van der Waals surface area contributed by atoms with Crippen LogP contribution in [0.1, 0.15) is 36.4 Å². The smallest absolute Gasteiger partial charge is 0.390 e. The van der Waals surface area contributed by atoms with Crippen LogP contribution in [0.2, 0.25) is 0 Å². The summed E-state index contributed by atoms with van der Waals surface area (Å²) in [4.78, 5) is 80.4. The molecule has 2 aliphatic rings. The van der Waals surface area contributed by atoms with E-state index >= 15 is 0 Å². The molecule has 4 heterocycles. The summed E-state index contributed by atoms with van der Waals surface area (Å²) in [5.74, 6) is 0. The van der Waals surface area contributed by atoms with E-state index in [2.05, 4.69) is 14.5 Å². The third kappa shape index (κ3) is 7.65. The predicted octanol–water partition coefficient (Wildman–Crippen LogP) is -1.75. The number of aliphatic hydroxyl groups is 1. The molecule has 2 fully saturated rings. The molecule has 0 aromatic carbocycles. The maximum absolute atomic E-state index is 12.8. The Labute approximate surface area is 229 Å². The molecule has 6 N–H and O–H groups in total. The second-order valence-corrected chi connectivity index (χ2v) is 12.1. The van der Waals surface area contributed by atoms with Gasteiger partial charge in [-0.3, -0.25) is 42.3 Å². The highest BCUT2D eigenvalue weighted by molar-refractivity contribution is 7.47. The van der Waals surface area contributed by atoms with Crippen molar-refractivity contribution in [1.29, 1.82) is 0 Å². The van der Waals surface area contributed by atoms with Crippen LogP contribution in [0, 0.1) is 13.8 Å². The highest BCUT2D eigenvalue weighted by Crippen LogP contribution is 2.49. The van der Waals surface area contributed by atoms with E-state index in [-0.39, 0.29) is 24.0 Å². The van der Waals surface area contributed by atoms with Gasteiger partial charge in [0.25, 0.3) is 11.1 Å². The molecule has 7 unspecified atom stereocenters. The summed E-state index contributed by atoms with van der Waals surface area (Å²) < 4.78 is 51.8. The zero-order chi connectivity index (χ0) is 30.3. The van der Waals surface area contributed by atoms with E-state index in [1.165, 1.54) is 26.2 Å². The Morgan fingerprint density at radius 2 is 1.34 bits per heavy atom. The van der Waals surface area contributed by atoms with Gasteiger partial charge in [-0.25, -0.2) is 18.7 Å². The number of nitrogens with one attached hydrogen (secondary N) is 2. The summed E-state index contributed by atoms with van der Waals surface area (Å²) in [6.07, 6.45) is -5.38. The number of aromatic nitrogens is 4. The molecule has 2 aromatic rings. The zero-order valence-electron chi connectivity index (χ0n) is 21.5. The molecule has 0 radical (unpaired) electrons. The number of aromatic amines is 2. The van der Waals surface area contributed by atoms with Gasteiger partial charge in [0.2, 0.25) is 0 Å². The predicted molar refractivity (Wildman–Crippen MR) is 134 cm³/mol. The number of phosphoric acid groups is 2. The van der Waals surface area contributed by atoms with Crippen LogP contribution >= 0.6 is 15.6 Å². The number of aliphatic hydroxyl groups excluding tert-OH is 1. The molecule has 2 aliphatic heterocycles. The number of hydrogen-bond acceptors (Lipinski definition) is 12. The summed E-state index contributed by atoms with van der Waals surface area (Å²) in [5, 5.41) is 10.4. The van der Waals surface area contributed by atoms with Gasteiger partial charge in [0.1, 0.15) is 30.8 Å². The Morgan fingerprint density at radius 3 is 1.88 bits per heavy atom. The fourth-order valence-corrected chi connectivity index (χ4v) is 5.61. The molecular weight excluding hydrogens is 598 g/mol. The first kappa shape index (κ1) is 31.4. The Kier molecular flexibility index (Phi) is 9.18. The first-order valence-electron chi connectivity index (χ1n) is 12.0. The number of H-pyrrole nitrogens is 2. The van der Waals surface area contributed by atoms with Crippen molar-refractivity contribution >= 4 is 15.6 Å². The summed E-state index contributed by atoms with van der Waals surface area (Å²) in [6.45, 7) is 1.40. The van der Waals surface area contributed by atoms with Gasteiger partial charge in [0, 0.05) is 36.4 Å². The van der Waals surface area contributed by atoms with Crippen molar-refractivity contribution in [2.75, 3.05) is 13.2 Å². The van der Waals surface area contributed by atoms with Crippen LogP contribution in [0.3, 0.4) is 0 Å². The fraction of sp³-hybridized carbons (Fsp3) is 0.600. The molecule has 228 valence electrons. The van der Waals surface area contributed by atoms with Gasteiger partial charge < -0.3 is 29.3 Å². The lowest BCUT2D eigenvalue weighted by molar-refractivity contribution is -0.0571. The van der Waals surface area contributed by atoms with Gasteiger partial charge in [-0.1, -0.05) is 0 Å². The maximum Gasteiger partial charge on any atom is 0.472 e. The quantitative estimate of drug-likeness (QED) is 0.160. The van der Waals surface area contributed by atoms with Crippen LogP contribution in [0.4, 0.5) is 0 Å². The van der Waals surface area contributed by atoms with E-state index < -0.39 is 88.2 Å². The minimum atomic E-state index is -4.99. The monoisotopic (exact) mass is 626 g/mol. The third-order valence-electron chi connectivity index (χ3n) is 6.37. The Balaban J connectivity index is 1.44. The summed E-state index contributed by atoms with van der Waals surface area (Å²) in [5.41, 5.74) is -2.54. The Morgan fingerprint density at radius 1 is 0.854 bits per heavy atom. The third-order valence-corrected chi connectivity index (χ3v) is 7.87. The fourth-order valence-electron chi connectivity index (χ4n) is 4.31. The maximum atomic E-state index is 12.8. The van der Waals surface area contributed by atoms with Gasteiger partial charge in [-0.05, 0) is 13.8 Å². The molecule has 0 amide bonds.